The molecule has 1 saturated heterocycles. The van der Waals surface area contributed by atoms with Crippen LogP contribution in [0.1, 0.15) is 45.1 Å². The fraction of sp³-hybridized carbons (Fsp3) is 0.667. The Morgan fingerprint density at radius 2 is 1.97 bits per heavy atom. The molecule has 180 valence electrons. The third kappa shape index (κ3) is 8.19. The molecule has 1 aromatic rings. The average Bonchev–Trinajstić information content (AvgIpc) is 3.21. The molecule has 0 unspecified atom stereocenters. The Hall–Kier alpha value is -1.39. The summed E-state index contributed by atoms with van der Waals surface area (Å²) in [5.41, 5.74) is 2.36. The summed E-state index contributed by atoms with van der Waals surface area (Å²) < 4.78 is 5.66. The first-order chi connectivity index (χ1) is 15.1. The monoisotopic (exact) mass is 557 g/mol. The highest BCUT2D eigenvalue weighted by Gasteiger charge is 2.23. The topological polar surface area (TPSA) is 69.2 Å². The number of fused-ring (bicyclic) bond motifs is 1. The van der Waals surface area contributed by atoms with Gasteiger partial charge in [-0.05, 0) is 51.2 Å². The van der Waals surface area contributed by atoms with Gasteiger partial charge in [0.1, 0.15) is 0 Å². The van der Waals surface area contributed by atoms with Crippen molar-refractivity contribution in [3.8, 4) is 0 Å². The van der Waals surface area contributed by atoms with E-state index in [2.05, 4.69) is 40.4 Å². The Kier molecular flexibility index (Phi) is 11.7. The number of guanidine groups is 1. The molecule has 1 aromatic carbocycles. The van der Waals surface area contributed by atoms with Gasteiger partial charge in [0.25, 0.3) is 0 Å². The normalized spacial score (nSPS) is 17.2. The number of aliphatic imine (C=N–C) groups is 1. The van der Waals surface area contributed by atoms with Crippen molar-refractivity contribution in [1.29, 1.82) is 0 Å². The summed E-state index contributed by atoms with van der Waals surface area (Å²) in [5.74, 6) is 1.05. The SMILES string of the molecule is CN=C(NCCCC(=O)N1CCc2ccccc21)NC1CCN(CCOC(C)C)CC1.I. The number of halogens is 1. The van der Waals surface area contributed by atoms with Crippen molar-refractivity contribution in [2.75, 3.05) is 51.3 Å². The van der Waals surface area contributed by atoms with Gasteiger partial charge < -0.3 is 25.2 Å². The first kappa shape index (κ1) is 26.9. The Morgan fingerprint density at radius 3 is 2.69 bits per heavy atom. The number of nitrogens with zero attached hydrogens (tertiary/aromatic N) is 3. The van der Waals surface area contributed by atoms with Gasteiger partial charge in [-0.3, -0.25) is 9.79 Å². The molecule has 3 rings (SSSR count). The predicted molar refractivity (Wildman–Crippen MR) is 142 cm³/mol. The summed E-state index contributed by atoms with van der Waals surface area (Å²) >= 11 is 0. The van der Waals surface area contributed by atoms with Crippen molar-refractivity contribution >= 4 is 41.5 Å². The summed E-state index contributed by atoms with van der Waals surface area (Å²) in [7, 11) is 1.81. The van der Waals surface area contributed by atoms with Crippen LogP contribution in [-0.2, 0) is 16.0 Å². The van der Waals surface area contributed by atoms with Crippen molar-refractivity contribution in [3.05, 3.63) is 29.8 Å². The fourth-order valence-corrected chi connectivity index (χ4v) is 4.29. The molecule has 1 amide bonds. The zero-order valence-corrected chi connectivity index (χ0v) is 22.1. The first-order valence-corrected chi connectivity index (χ1v) is 11.8. The van der Waals surface area contributed by atoms with Crippen LogP contribution >= 0.6 is 24.0 Å². The van der Waals surface area contributed by atoms with Gasteiger partial charge in [-0.2, -0.15) is 0 Å². The highest BCUT2D eigenvalue weighted by Crippen LogP contribution is 2.27. The molecule has 8 heteroatoms. The highest BCUT2D eigenvalue weighted by atomic mass is 127. The predicted octanol–water partition coefficient (Wildman–Crippen LogP) is 3.03. The van der Waals surface area contributed by atoms with E-state index in [9.17, 15) is 4.79 Å². The fourth-order valence-electron chi connectivity index (χ4n) is 4.29. The molecule has 2 aliphatic rings. The number of hydrogen-bond acceptors (Lipinski definition) is 4. The maximum absolute atomic E-state index is 12.6. The van der Waals surface area contributed by atoms with Crippen LogP contribution in [0.15, 0.2) is 29.3 Å². The molecule has 0 saturated carbocycles. The Morgan fingerprint density at radius 1 is 1.22 bits per heavy atom. The van der Waals surface area contributed by atoms with Gasteiger partial charge in [-0.25, -0.2) is 0 Å². The lowest BCUT2D eigenvalue weighted by atomic mass is 10.1. The molecule has 0 bridgehead atoms. The van der Waals surface area contributed by atoms with Gasteiger partial charge in [0.05, 0.1) is 12.7 Å². The molecule has 2 N–H and O–H groups in total. The molecular weight excluding hydrogens is 517 g/mol. The van der Waals surface area contributed by atoms with E-state index in [1.165, 1.54) is 5.56 Å². The van der Waals surface area contributed by atoms with Crippen LogP contribution in [0.3, 0.4) is 0 Å². The van der Waals surface area contributed by atoms with Gasteiger partial charge in [0.2, 0.25) is 5.91 Å². The van der Waals surface area contributed by atoms with Gasteiger partial charge >= 0.3 is 0 Å². The van der Waals surface area contributed by atoms with E-state index in [1.807, 2.05) is 23.1 Å². The molecule has 0 aromatic heterocycles. The molecule has 0 radical (unpaired) electrons. The zero-order valence-electron chi connectivity index (χ0n) is 19.8. The quantitative estimate of drug-likeness (QED) is 0.212. The second-order valence-corrected chi connectivity index (χ2v) is 8.71. The minimum absolute atomic E-state index is 0. The van der Waals surface area contributed by atoms with E-state index in [1.54, 1.807) is 7.05 Å². The van der Waals surface area contributed by atoms with E-state index in [0.717, 1.165) is 76.7 Å². The van der Waals surface area contributed by atoms with Crippen molar-refractivity contribution in [1.82, 2.24) is 15.5 Å². The number of amides is 1. The van der Waals surface area contributed by atoms with Crippen LogP contribution in [0.5, 0.6) is 0 Å². The Bertz CT molecular complexity index is 735. The number of ether oxygens (including phenoxy) is 1. The van der Waals surface area contributed by atoms with Gasteiger partial charge in [-0.1, -0.05) is 18.2 Å². The lowest BCUT2D eigenvalue weighted by molar-refractivity contribution is -0.118. The number of nitrogens with one attached hydrogen (secondary N) is 2. The number of para-hydroxylation sites is 1. The number of anilines is 1. The van der Waals surface area contributed by atoms with Crippen LogP contribution in [0.2, 0.25) is 0 Å². The number of carbonyl (C=O) groups excluding carboxylic acids is 1. The number of piperidine rings is 1. The molecule has 0 spiro atoms. The Labute approximate surface area is 210 Å². The minimum Gasteiger partial charge on any atom is -0.377 e. The molecule has 7 nitrogen and oxygen atoms in total. The zero-order chi connectivity index (χ0) is 22.1. The summed E-state index contributed by atoms with van der Waals surface area (Å²) in [4.78, 5) is 21.4. The van der Waals surface area contributed by atoms with E-state index in [-0.39, 0.29) is 29.9 Å². The first-order valence-electron chi connectivity index (χ1n) is 11.8. The lowest BCUT2D eigenvalue weighted by Crippen LogP contribution is -2.49. The summed E-state index contributed by atoms with van der Waals surface area (Å²) in [6.07, 6.45) is 4.82. The van der Waals surface area contributed by atoms with Crippen LogP contribution in [-0.4, -0.2) is 75.3 Å². The smallest absolute Gasteiger partial charge is 0.227 e. The molecule has 1 fully saturated rings. The van der Waals surface area contributed by atoms with Crippen molar-refractivity contribution in [3.63, 3.8) is 0 Å². The summed E-state index contributed by atoms with van der Waals surface area (Å²) in [5, 5.41) is 6.92. The summed E-state index contributed by atoms with van der Waals surface area (Å²) in [6.45, 7) is 9.69. The third-order valence-corrected chi connectivity index (χ3v) is 6.06. The van der Waals surface area contributed by atoms with Gasteiger partial charge in [0, 0.05) is 57.9 Å². The summed E-state index contributed by atoms with van der Waals surface area (Å²) in [6, 6.07) is 8.65. The number of likely N-dealkylation sites (tertiary alicyclic amines) is 1. The Balaban J connectivity index is 0.00000363. The molecular formula is C24H40IN5O2. The largest absolute Gasteiger partial charge is 0.377 e. The molecule has 2 aliphatic heterocycles. The maximum Gasteiger partial charge on any atom is 0.227 e. The number of rotatable bonds is 9. The third-order valence-electron chi connectivity index (χ3n) is 6.06. The maximum atomic E-state index is 12.6. The number of hydrogen-bond donors (Lipinski definition) is 2. The van der Waals surface area contributed by atoms with Crippen molar-refractivity contribution < 1.29 is 9.53 Å². The average molecular weight is 558 g/mol. The van der Waals surface area contributed by atoms with Gasteiger partial charge in [-0.15, -0.1) is 24.0 Å². The van der Waals surface area contributed by atoms with Crippen LogP contribution in [0, 0.1) is 0 Å². The molecule has 0 atom stereocenters. The number of benzene rings is 1. The van der Waals surface area contributed by atoms with E-state index < -0.39 is 0 Å². The van der Waals surface area contributed by atoms with E-state index in [0.29, 0.717) is 18.6 Å². The highest BCUT2D eigenvalue weighted by molar-refractivity contribution is 14.0. The second kappa shape index (κ2) is 14.0. The van der Waals surface area contributed by atoms with Crippen LogP contribution in [0.4, 0.5) is 5.69 Å². The van der Waals surface area contributed by atoms with Crippen LogP contribution in [0.25, 0.3) is 0 Å². The van der Waals surface area contributed by atoms with Crippen LogP contribution < -0.4 is 15.5 Å². The van der Waals surface area contributed by atoms with Gasteiger partial charge in [0.15, 0.2) is 5.96 Å². The number of carbonyl (C=O) groups is 1. The standard InChI is InChI=1S/C24H39N5O2.HI/c1-19(2)31-18-17-28-14-11-21(12-15-28)27-24(25-3)26-13-6-9-23(30)29-16-10-20-7-4-5-8-22(20)29;/h4-5,7-8,19,21H,6,9-18H2,1-3H3,(H2,25,26,27);1H. The molecule has 0 aliphatic carbocycles. The molecule has 2 heterocycles. The van der Waals surface area contributed by atoms with E-state index >= 15 is 0 Å². The van der Waals surface area contributed by atoms with Crippen molar-refractivity contribution in [2.45, 2.75) is 58.1 Å². The lowest BCUT2D eigenvalue weighted by Gasteiger charge is -2.33. The minimum atomic E-state index is 0. The second-order valence-electron chi connectivity index (χ2n) is 8.71. The van der Waals surface area contributed by atoms with Crippen molar-refractivity contribution in [2.24, 2.45) is 4.99 Å². The van der Waals surface area contributed by atoms with E-state index in [4.69, 9.17) is 4.74 Å². The molecule has 32 heavy (non-hydrogen) atoms.